The van der Waals surface area contributed by atoms with Gasteiger partial charge in [-0.3, -0.25) is 9.78 Å². The molecule has 0 bridgehead atoms. The highest BCUT2D eigenvalue weighted by Gasteiger charge is 2.30. The van der Waals surface area contributed by atoms with Crippen LogP contribution in [0.25, 0.3) is 11.0 Å². The van der Waals surface area contributed by atoms with E-state index in [0.717, 1.165) is 18.5 Å². The molecule has 3 aromatic heterocycles. The first-order valence-corrected chi connectivity index (χ1v) is 9.62. The molecule has 1 fully saturated rings. The maximum absolute atomic E-state index is 12.8. The summed E-state index contributed by atoms with van der Waals surface area (Å²) < 4.78 is 6.84. The first-order valence-electron chi connectivity index (χ1n) is 8.63. The van der Waals surface area contributed by atoms with Gasteiger partial charge < -0.3 is 9.30 Å². The Morgan fingerprint density at radius 3 is 2.81 bits per heavy atom. The molecule has 138 valence electrons. The maximum atomic E-state index is 12.8. The molecule has 0 N–H and O–H groups in total. The van der Waals surface area contributed by atoms with Gasteiger partial charge in [0, 0.05) is 23.7 Å². The van der Waals surface area contributed by atoms with E-state index in [9.17, 15) is 9.59 Å². The van der Waals surface area contributed by atoms with E-state index in [-0.39, 0.29) is 17.0 Å². The third-order valence-corrected chi connectivity index (χ3v) is 5.35. The first-order chi connectivity index (χ1) is 13.1. The number of rotatable bonds is 5. The standard InChI is InChI=1S/C19H18N4O3S/c1-11-9-14(18(25)26-2)15-16(21-11)23(13-6-7-13)19(22-17(15)24)27-10-12-5-3-4-8-20-12/h3-5,8-9,13H,6-7,10H2,1-2H3. The summed E-state index contributed by atoms with van der Waals surface area (Å²) in [4.78, 5) is 38.1. The van der Waals surface area contributed by atoms with Crippen LogP contribution in [-0.2, 0) is 10.5 Å². The summed E-state index contributed by atoms with van der Waals surface area (Å²) in [7, 11) is 1.30. The highest BCUT2D eigenvalue weighted by molar-refractivity contribution is 7.98. The third-order valence-electron chi connectivity index (χ3n) is 4.37. The third kappa shape index (κ3) is 3.44. The van der Waals surface area contributed by atoms with E-state index < -0.39 is 11.5 Å². The van der Waals surface area contributed by atoms with E-state index in [0.29, 0.717) is 22.3 Å². The number of thioether (sulfide) groups is 1. The van der Waals surface area contributed by atoms with Crippen LogP contribution in [-0.4, -0.2) is 32.6 Å². The van der Waals surface area contributed by atoms with Crippen molar-refractivity contribution in [2.45, 2.75) is 36.7 Å². The van der Waals surface area contributed by atoms with Crippen LogP contribution >= 0.6 is 11.8 Å². The van der Waals surface area contributed by atoms with Gasteiger partial charge in [-0.25, -0.2) is 9.78 Å². The number of hydrogen-bond donors (Lipinski definition) is 0. The second kappa shape index (κ2) is 7.11. The van der Waals surface area contributed by atoms with Gasteiger partial charge in [0.2, 0.25) is 0 Å². The number of hydrogen-bond acceptors (Lipinski definition) is 7. The lowest BCUT2D eigenvalue weighted by Gasteiger charge is -2.15. The molecule has 0 spiro atoms. The molecule has 3 aromatic rings. The van der Waals surface area contributed by atoms with E-state index in [1.165, 1.54) is 18.9 Å². The number of aryl methyl sites for hydroxylation is 1. The Hall–Kier alpha value is -2.74. The lowest BCUT2D eigenvalue weighted by Crippen LogP contribution is -2.20. The van der Waals surface area contributed by atoms with Gasteiger partial charge in [0.1, 0.15) is 5.65 Å². The molecule has 0 unspecified atom stereocenters. The molecule has 0 atom stereocenters. The Bertz CT molecular complexity index is 1080. The van der Waals surface area contributed by atoms with Crippen molar-refractivity contribution in [2.75, 3.05) is 7.11 Å². The lowest BCUT2D eigenvalue weighted by atomic mass is 10.1. The Morgan fingerprint density at radius 2 is 2.15 bits per heavy atom. The van der Waals surface area contributed by atoms with Crippen LogP contribution in [0, 0.1) is 6.92 Å². The Labute approximate surface area is 159 Å². The van der Waals surface area contributed by atoms with Crippen LogP contribution in [0.15, 0.2) is 40.4 Å². The van der Waals surface area contributed by atoms with Gasteiger partial charge in [-0.05, 0) is 38.0 Å². The van der Waals surface area contributed by atoms with Crippen LogP contribution in [0.4, 0.5) is 0 Å². The molecule has 0 radical (unpaired) electrons. The number of pyridine rings is 2. The average Bonchev–Trinajstić information content (AvgIpc) is 3.50. The number of esters is 1. The number of fused-ring (bicyclic) bond motifs is 1. The predicted octanol–water partition coefficient (Wildman–Crippen LogP) is 2.91. The molecule has 0 amide bonds. The second-order valence-electron chi connectivity index (χ2n) is 6.41. The molecule has 3 heterocycles. The fourth-order valence-electron chi connectivity index (χ4n) is 2.99. The van der Waals surface area contributed by atoms with Crippen molar-refractivity contribution in [1.82, 2.24) is 19.5 Å². The number of aromatic nitrogens is 4. The van der Waals surface area contributed by atoms with E-state index in [4.69, 9.17) is 4.74 Å². The number of carbonyl (C=O) groups excluding carboxylic acids is 1. The van der Waals surface area contributed by atoms with Crippen molar-refractivity contribution in [3.05, 3.63) is 57.8 Å². The fraction of sp³-hybridized carbons (Fsp3) is 0.316. The van der Waals surface area contributed by atoms with Gasteiger partial charge in [-0.15, -0.1) is 0 Å². The molecule has 0 saturated heterocycles. The second-order valence-corrected chi connectivity index (χ2v) is 7.35. The van der Waals surface area contributed by atoms with Gasteiger partial charge in [0.05, 0.1) is 23.8 Å². The van der Waals surface area contributed by atoms with Crippen LogP contribution in [0.1, 0.15) is 40.6 Å². The van der Waals surface area contributed by atoms with E-state index in [1.54, 1.807) is 19.2 Å². The lowest BCUT2D eigenvalue weighted by molar-refractivity contribution is 0.0602. The largest absolute Gasteiger partial charge is 0.465 e. The molecule has 1 aliphatic rings. The van der Waals surface area contributed by atoms with Crippen molar-refractivity contribution in [1.29, 1.82) is 0 Å². The molecular formula is C19H18N4O3S. The van der Waals surface area contributed by atoms with Crippen molar-refractivity contribution in [3.63, 3.8) is 0 Å². The molecule has 0 aliphatic heterocycles. The number of methoxy groups -OCH3 is 1. The van der Waals surface area contributed by atoms with Crippen LogP contribution in [0.5, 0.6) is 0 Å². The van der Waals surface area contributed by atoms with Crippen molar-refractivity contribution >= 4 is 28.8 Å². The predicted molar refractivity (Wildman–Crippen MR) is 102 cm³/mol. The smallest absolute Gasteiger partial charge is 0.338 e. The first kappa shape index (κ1) is 17.7. The van der Waals surface area contributed by atoms with Crippen LogP contribution in [0.3, 0.4) is 0 Å². The quantitative estimate of drug-likeness (QED) is 0.381. The minimum absolute atomic E-state index is 0.216. The highest BCUT2D eigenvalue weighted by atomic mass is 32.2. The molecule has 27 heavy (non-hydrogen) atoms. The van der Waals surface area contributed by atoms with Crippen molar-refractivity contribution < 1.29 is 9.53 Å². The summed E-state index contributed by atoms with van der Waals surface area (Å²) in [5.41, 5.74) is 1.82. The van der Waals surface area contributed by atoms with Crippen molar-refractivity contribution in [2.24, 2.45) is 0 Å². The zero-order chi connectivity index (χ0) is 19.0. The summed E-state index contributed by atoms with van der Waals surface area (Å²) in [5.74, 6) is 0.0434. The highest BCUT2D eigenvalue weighted by Crippen LogP contribution is 2.40. The summed E-state index contributed by atoms with van der Waals surface area (Å²) >= 11 is 1.46. The summed E-state index contributed by atoms with van der Waals surface area (Å²) in [6.07, 6.45) is 3.74. The molecule has 1 saturated carbocycles. The molecule has 7 nitrogen and oxygen atoms in total. The number of nitrogens with zero attached hydrogens (tertiary/aromatic N) is 4. The average molecular weight is 382 g/mol. The Balaban J connectivity index is 1.87. The van der Waals surface area contributed by atoms with Gasteiger partial charge in [-0.2, -0.15) is 4.98 Å². The Kier molecular flexibility index (Phi) is 4.65. The van der Waals surface area contributed by atoms with Gasteiger partial charge in [-0.1, -0.05) is 17.8 Å². The van der Waals surface area contributed by atoms with Crippen LogP contribution in [0.2, 0.25) is 0 Å². The van der Waals surface area contributed by atoms with E-state index in [1.807, 2.05) is 22.8 Å². The van der Waals surface area contributed by atoms with Crippen molar-refractivity contribution in [3.8, 4) is 0 Å². The summed E-state index contributed by atoms with van der Waals surface area (Å²) in [6.45, 7) is 1.80. The topological polar surface area (TPSA) is 87.0 Å². The van der Waals surface area contributed by atoms with Gasteiger partial charge >= 0.3 is 5.97 Å². The molecule has 8 heteroatoms. The molecule has 4 rings (SSSR count). The minimum atomic E-state index is -0.555. The zero-order valence-corrected chi connectivity index (χ0v) is 15.8. The monoisotopic (exact) mass is 382 g/mol. The van der Waals surface area contributed by atoms with E-state index >= 15 is 0 Å². The fourth-order valence-corrected chi connectivity index (χ4v) is 3.96. The molecule has 1 aliphatic carbocycles. The van der Waals surface area contributed by atoms with Crippen LogP contribution < -0.4 is 5.56 Å². The minimum Gasteiger partial charge on any atom is -0.465 e. The maximum Gasteiger partial charge on any atom is 0.338 e. The van der Waals surface area contributed by atoms with Gasteiger partial charge in [0.15, 0.2) is 5.16 Å². The number of ether oxygens (including phenoxy) is 1. The number of carbonyl (C=O) groups is 1. The van der Waals surface area contributed by atoms with E-state index in [2.05, 4.69) is 15.0 Å². The SMILES string of the molecule is COC(=O)c1cc(C)nc2c1c(=O)nc(SCc1ccccn1)n2C1CC1. The zero-order valence-electron chi connectivity index (χ0n) is 15.0. The van der Waals surface area contributed by atoms with Gasteiger partial charge in [0.25, 0.3) is 5.56 Å². The molecule has 0 aromatic carbocycles. The molecular weight excluding hydrogens is 364 g/mol. The summed E-state index contributed by atoms with van der Waals surface area (Å²) in [5, 5.41) is 0.830. The summed E-state index contributed by atoms with van der Waals surface area (Å²) in [6, 6.07) is 7.55. The Morgan fingerprint density at radius 1 is 1.33 bits per heavy atom. The normalized spacial score (nSPS) is 13.7.